The van der Waals surface area contributed by atoms with Gasteiger partial charge in [-0.1, -0.05) is 53.7 Å². The highest BCUT2D eigenvalue weighted by molar-refractivity contribution is 5.85. The molecule has 0 aromatic heterocycles. The molecule has 0 aromatic carbocycles. The fourth-order valence-electron chi connectivity index (χ4n) is 11.5. The molecule has 0 amide bonds. The molecule has 0 saturated heterocycles. The van der Waals surface area contributed by atoms with E-state index in [0.29, 0.717) is 35.9 Å². The fourth-order valence-corrected chi connectivity index (χ4v) is 11.5. The summed E-state index contributed by atoms with van der Waals surface area (Å²) in [6.07, 6.45) is 7.03. The van der Waals surface area contributed by atoms with Crippen LogP contribution in [-0.4, -0.2) is 28.2 Å². The van der Waals surface area contributed by atoms with Gasteiger partial charge in [0.2, 0.25) is 0 Å². The van der Waals surface area contributed by atoms with E-state index in [2.05, 4.69) is 55.0 Å². The van der Waals surface area contributed by atoms with Gasteiger partial charge in [0.25, 0.3) is 0 Å². The standard InChI is InChI=1S/C30H48O3/c1-17(2)18-11-13-28(6)23(33)16-29(7)19(24(18)28)9-10-21-27(5)14-12-22(32)26(3,4)25(27)20(31)15-30(21,29)8/h18-21,23-25,31,33H,1,9-16H2,2-8H3. The molecule has 5 aliphatic carbocycles. The molecule has 0 aliphatic heterocycles. The largest absolute Gasteiger partial charge is 0.393 e. The minimum absolute atomic E-state index is 0.0158. The highest BCUT2D eigenvalue weighted by atomic mass is 16.3. The number of hydrogen-bond acceptors (Lipinski definition) is 3. The number of aliphatic hydroxyl groups is 2. The average Bonchev–Trinajstić information content (AvgIpc) is 3.05. The summed E-state index contributed by atoms with van der Waals surface area (Å²) >= 11 is 0. The first kappa shape index (κ1) is 24.0. The molecule has 5 aliphatic rings. The summed E-state index contributed by atoms with van der Waals surface area (Å²) in [6, 6.07) is 0. The van der Waals surface area contributed by atoms with Crippen LogP contribution in [0.15, 0.2) is 12.2 Å². The van der Waals surface area contributed by atoms with Crippen LogP contribution in [0.1, 0.15) is 99.8 Å². The molecule has 3 nitrogen and oxygen atoms in total. The van der Waals surface area contributed by atoms with E-state index in [-0.39, 0.29) is 33.7 Å². The minimum Gasteiger partial charge on any atom is -0.393 e. The Kier molecular flexibility index (Phi) is 5.07. The fraction of sp³-hybridized carbons (Fsp3) is 0.900. The molecule has 0 heterocycles. The summed E-state index contributed by atoms with van der Waals surface area (Å²) in [7, 11) is 0. The molecule has 0 spiro atoms. The molecule has 11 atom stereocenters. The number of hydrogen-bond donors (Lipinski definition) is 2. The topological polar surface area (TPSA) is 57.5 Å². The summed E-state index contributed by atoms with van der Waals surface area (Å²) in [4.78, 5) is 12.9. The second-order valence-electron chi connectivity index (χ2n) is 14.7. The lowest BCUT2D eigenvalue weighted by Gasteiger charge is -2.73. The van der Waals surface area contributed by atoms with Crippen LogP contribution in [0.2, 0.25) is 0 Å². The first-order valence-electron chi connectivity index (χ1n) is 13.7. The minimum atomic E-state index is -0.466. The predicted molar refractivity (Wildman–Crippen MR) is 132 cm³/mol. The van der Waals surface area contributed by atoms with Crippen molar-refractivity contribution in [2.75, 3.05) is 0 Å². The van der Waals surface area contributed by atoms with E-state index in [0.717, 1.165) is 32.1 Å². The number of aliphatic hydroxyl groups excluding tert-OH is 2. The molecule has 0 radical (unpaired) electrons. The zero-order valence-corrected chi connectivity index (χ0v) is 22.2. The third-order valence-corrected chi connectivity index (χ3v) is 13.2. The quantitative estimate of drug-likeness (QED) is 0.464. The highest BCUT2D eigenvalue weighted by Crippen LogP contribution is 2.77. The highest BCUT2D eigenvalue weighted by Gasteiger charge is 2.73. The molecule has 186 valence electrons. The van der Waals surface area contributed by atoms with Crippen LogP contribution in [0.3, 0.4) is 0 Å². The molecule has 5 saturated carbocycles. The van der Waals surface area contributed by atoms with Crippen molar-refractivity contribution in [3.05, 3.63) is 12.2 Å². The molecule has 2 N–H and O–H groups in total. The van der Waals surface area contributed by atoms with Crippen LogP contribution in [-0.2, 0) is 4.79 Å². The van der Waals surface area contributed by atoms with Crippen LogP contribution in [0.25, 0.3) is 0 Å². The summed E-state index contributed by atoms with van der Waals surface area (Å²) in [6.45, 7) is 20.4. The lowest BCUT2D eigenvalue weighted by Crippen LogP contribution is -2.70. The van der Waals surface area contributed by atoms with Gasteiger partial charge in [-0.25, -0.2) is 0 Å². The zero-order valence-electron chi connectivity index (χ0n) is 22.2. The van der Waals surface area contributed by atoms with Crippen LogP contribution in [0, 0.1) is 56.7 Å². The van der Waals surface area contributed by atoms with E-state index in [4.69, 9.17) is 0 Å². The predicted octanol–water partition coefficient (Wildman–Crippen LogP) is 6.17. The number of carbonyl (C=O) groups is 1. The van der Waals surface area contributed by atoms with Crippen molar-refractivity contribution in [2.24, 2.45) is 56.7 Å². The second-order valence-corrected chi connectivity index (χ2v) is 14.7. The normalized spacial score (nSPS) is 57.5. The van der Waals surface area contributed by atoms with Crippen molar-refractivity contribution in [3.63, 3.8) is 0 Å². The second kappa shape index (κ2) is 6.96. The Morgan fingerprint density at radius 3 is 2.21 bits per heavy atom. The molecule has 5 rings (SSSR count). The van der Waals surface area contributed by atoms with Gasteiger partial charge in [-0.15, -0.1) is 0 Å². The van der Waals surface area contributed by atoms with Gasteiger partial charge in [0.05, 0.1) is 12.2 Å². The molecule has 0 aromatic rings. The summed E-state index contributed by atoms with van der Waals surface area (Å²) in [5, 5.41) is 23.4. The van der Waals surface area contributed by atoms with Crippen LogP contribution >= 0.6 is 0 Å². The lowest BCUT2D eigenvalue weighted by molar-refractivity contribution is -0.271. The number of rotatable bonds is 1. The maximum Gasteiger partial charge on any atom is 0.138 e. The summed E-state index contributed by atoms with van der Waals surface area (Å²) in [5.41, 5.74) is 0.714. The van der Waals surface area contributed by atoms with Crippen molar-refractivity contribution >= 4 is 5.78 Å². The number of fused-ring (bicyclic) bond motifs is 7. The van der Waals surface area contributed by atoms with Crippen molar-refractivity contribution in [3.8, 4) is 0 Å². The SMILES string of the molecule is C=C(C)C1CCC2(C)C(O)CC3(C)C(CCC4C5(C)CCC(=O)C(C)(C)C5C(O)CC43C)C12. The maximum absolute atomic E-state index is 12.9. The smallest absolute Gasteiger partial charge is 0.138 e. The van der Waals surface area contributed by atoms with E-state index >= 15 is 0 Å². The molecule has 5 fully saturated rings. The van der Waals surface area contributed by atoms with Crippen LogP contribution < -0.4 is 0 Å². The third-order valence-electron chi connectivity index (χ3n) is 13.2. The van der Waals surface area contributed by atoms with Crippen LogP contribution in [0.4, 0.5) is 0 Å². The maximum atomic E-state index is 12.9. The molecule has 33 heavy (non-hydrogen) atoms. The molecule has 11 unspecified atom stereocenters. The Morgan fingerprint density at radius 2 is 1.58 bits per heavy atom. The average molecular weight is 457 g/mol. The van der Waals surface area contributed by atoms with Gasteiger partial charge >= 0.3 is 0 Å². The van der Waals surface area contributed by atoms with Gasteiger partial charge in [0.1, 0.15) is 5.78 Å². The van der Waals surface area contributed by atoms with Crippen molar-refractivity contribution < 1.29 is 15.0 Å². The Bertz CT molecular complexity index is 876. The van der Waals surface area contributed by atoms with E-state index < -0.39 is 11.5 Å². The Balaban J connectivity index is 1.61. The van der Waals surface area contributed by atoms with Crippen molar-refractivity contribution in [1.82, 2.24) is 0 Å². The zero-order chi connectivity index (χ0) is 24.4. The van der Waals surface area contributed by atoms with Gasteiger partial charge in [0.15, 0.2) is 0 Å². The van der Waals surface area contributed by atoms with E-state index in [1.54, 1.807) is 0 Å². The Hall–Kier alpha value is -0.670. The Morgan fingerprint density at radius 1 is 0.909 bits per heavy atom. The van der Waals surface area contributed by atoms with E-state index in [1.807, 2.05) is 0 Å². The van der Waals surface area contributed by atoms with Gasteiger partial charge < -0.3 is 10.2 Å². The van der Waals surface area contributed by atoms with Crippen molar-refractivity contribution in [2.45, 2.75) is 112 Å². The number of Topliss-reactive ketones (excluding diaryl/α,β-unsaturated/α-hetero) is 1. The first-order valence-corrected chi connectivity index (χ1v) is 13.7. The van der Waals surface area contributed by atoms with Gasteiger partial charge in [-0.2, -0.15) is 0 Å². The number of carbonyl (C=O) groups excluding carboxylic acids is 1. The summed E-state index contributed by atoms with van der Waals surface area (Å²) < 4.78 is 0. The van der Waals surface area contributed by atoms with Gasteiger partial charge in [-0.3, -0.25) is 4.79 Å². The van der Waals surface area contributed by atoms with Gasteiger partial charge in [-0.05, 0) is 97.2 Å². The van der Waals surface area contributed by atoms with Gasteiger partial charge in [0, 0.05) is 17.8 Å². The first-order chi connectivity index (χ1) is 15.1. The van der Waals surface area contributed by atoms with Crippen molar-refractivity contribution in [1.29, 1.82) is 0 Å². The summed E-state index contributed by atoms with van der Waals surface area (Å²) in [5.74, 6) is 2.37. The van der Waals surface area contributed by atoms with Crippen LogP contribution in [0.5, 0.6) is 0 Å². The molecule has 0 bridgehead atoms. The van der Waals surface area contributed by atoms with E-state index in [1.165, 1.54) is 18.4 Å². The van der Waals surface area contributed by atoms with E-state index in [9.17, 15) is 15.0 Å². The molecule has 3 heteroatoms. The lowest BCUT2D eigenvalue weighted by atomic mass is 9.31. The number of ketones is 1. The number of allylic oxidation sites excluding steroid dienone is 1. The third kappa shape index (κ3) is 2.73. The molecular weight excluding hydrogens is 408 g/mol. The monoisotopic (exact) mass is 456 g/mol. The molecular formula is C30H48O3. The Labute approximate surface area is 201 Å².